The summed E-state index contributed by atoms with van der Waals surface area (Å²) in [5.41, 5.74) is 3.94. The second kappa shape index (κ2) is 7.38. The van der Waals surface area contributed by atoms with E-state index in [9.17, 15) is 9.59 Å². The zero-order valence-electron chi connectivity index (χ0n) is 15.4. The summed E-state index contributed by atoms with van der Waals surface area (Å²) in [6.45, 7) is 3.98. The normalized spacial score (nSPS) is 14.4. The fourth-order valence-corrected chi connectivity index (χ4v) is 3.76. The van der Waals surface area contributed by atoms with Crippen molar-refractivity contribution in [3.63, 3.8) is 0 Å². The fourth-order valence-electron chi connectivity index (χ4n) is 2.91. The van der Waals surface area contributed by atoms with Crippen LogP contribution < -0.4 is 9.80 Å². The standard InChI is InChI=1S/C21H22N2O2S/c1-5-26-19-18(15-11-9-14(2)10-12-15)20(24)23(21(19)25)17-8-6-7-16(13-17)22(3)4/h6-13H,5H2,1-4H3. The van der Waals surface area contributed by atoms with E-state index < -0.39 is 0 Å². The summed E-state index contributed by atoms with van der Waals surface area (Å²) in [6.07, 6.45) is 0. The molecule has 4 nitrogen and oxygen atoms in total. The van der Waals surface area contributed by atoms with Gasteiger partial charge in [-0.2, -0.15) is 0 Å². The van der Waals surface area contributed by atoms with E-state index in [-0.39, 0.29) is 11.8 Å². The molecule has 0 aromatic heterocycles. The topological polar surface area (TPSA) is 40.6 Å². The highest BCUT2D eigenvalue weighted by Gasteiger charge is 2.40. The SMILES string of the molecule is CCSC1=C(c2ccc(C)cc2)C(=O)N(c2cccc(N(C)C)c2)C1=O. The van der Waals surface area contributed by atoms with Crippen LogP contribution in [0.25, 0.3) is 5.57 Å². The van der Waals surface area contributed by atoms with Crippen molar-refractivity contribution < 1.29 is 9.59 Å². The number of anilines is 2. The van der Waals surface area contributed by atoms with Gasteiger partial charge < -0.3 is 4.90 Å². The van der Waals surface area contributed by atoms with Crippen LogP contribution in [0.4, 0.5) is 11.4 Å². The molecule has 26 heavy (non-hydrogen) atoms. The van der Waals surface area contributed by atoms with Gasteiger partial charge >= 0.3 is 0 Å². The Bertz CT molecular complexity index is 885. The molecule has 5 heteroatoms. The predicted molar refractivity (Wildman–Crippen MR) is 109 cm³/mol. The molecule has 0 aliphatic carbocycles. The van der Waals surface area contributed by atoms with Crippen molar-refractivity contribution in [2.75, 3.05) is 29.6 Å². The van der Waals surface area contributed by atoms with Gasteiger partial charge in [-0.1, -0.05) is 42.8 Å². The predicted octanol–water partition coefficient (Wildman–Crippen LogP) is 4.10. The molecule has 2 aromatic rings. The molecule has 0 spiro atoms. The number of aryl methyl sites for hydroxylation is 1. The second-order valence-corrected chi connectivity index (χ2v) is 7.64. The number of nitrogens with zero attached hydrogens (tertiary/aromatic N) is 2. The molecule has 0 bridgehead atoms. The first-order valence-corrected chi connectivity index (χ1v) is 9.53. The largest absolute Gasteiger partial charge is 0.378 e. The average Bonchev–Trinajstić information content (AvgIpc) is 2.86. The highest BCUT2D eigenvalue weighted by Crippen LogP contribution is 2.38. The van der Waals surface area contributed by atoms with Gasteiger partial charge in [0.1, 0.15) is 0 Å². The molecule has 1 aliphatic rings. The van der Waals surface area contributed by atoms with Crippen molar-refractivity contribution >= 4 is 40.5 Å². The summed E-state index contributed by atoms with van der Waals surface area (Å²) in [4.78, 5) is 30.0. The van der Waals surface area contributed by atoms with E-state index in [4.69, 9.17) is 0 Å². The zero-order chi connectivity index (χ0) is 18.8. The van der Waals surface area contributed by atoms with Crippen LogP contribution in [0.1, 0.15) is 18.1 Å². The van der Waals surface area contributed by atoms with Crippen molar-refractivity contribution in [2.24, 2.45) is 0 Å². The summed E-state index contributed by atoms with van der Waals surface area (Å²) in [5.74, 6) is 0.231. The van der Waals surface area contributed by atoms with Crippen molar-refractivity contribution in [1.29, 1.82) is 0 Å². The minimum atomic E-state index is -0.259. The van der Waals surface area contributed by atoms with Gasteiger partial charge in [0.15, 0.2) is 0 Å². The maximum atomic E-state index is 13.2. The number of thioether (sulfide) groups is 1. The highest BCUT2D eigenvalue weighted by molar-refractivity contribution is 8.04. The summed E-state index contributed by atoms with van der Waals surface area (Å²) in [6, 6.07) is 15.2. The van der Waals surface area contributed by atoms with Gasteiger partial charge in [-0.15, -0.1) is 11.8 Å². The quantitative estimate of drug-likeness (QED) is 0.747. The van der Waals surface area contributed by atoms with E-state index in [0.29, 0.717) is 16.2 Å². The Morgan fingerprint density at radius 1 is 1.00 bits per heavy atom. The molecule has 0 N–H and O–H groups in total. The van der Waals surface area contributed by atoms with Gasteiger partial charge in [-0.3, -0.25) is 9.59 Å². The van der Waals surface area contributed by atoms with E-state index in [1.165, 1.54) is 16.7 Å². The Morgan fingerprint density at radius 3 is 2.31 bits per heavy atom. The first-order valence-electron chi connectivity index (χ1n) is 8.54. The maximum Gasteiger partial charge on any atom is 0.272 e. The zero-order valence-corrected chi connectivity index (χ0v) is 16.3. The second-order valence-electron chi connectivity index (χ2n) is 6.36. The van der Waals surface area contributed by atoms with Crippen molar-refractivity contribution in [3.05, 3.63) is 64.6 Å². The number of imide groups is 1. The molecule has 1 heterocycles. The highest BCUT2D eigenvalue weighted by atomic mass is 32.2. The molecule has 134 valence electrons. The van der Waals surface area contributed by atoms with Crippen LogP contribution in [-0.4, -0.2) is 31.7 Å². The van der Waals surface area contributed by atoms with Gasteiger partial charge in [-0.05, 0) is 36.4 Å². The molecule has 0 saturated heterocycles. The van der Waals surface area contributed by atoms with Crippen LogP contribution in [-0.2, 0) is 9.59 Å². The van der Waals surface area contributed by atoms with Crippen LogP contribution in [0, 0.1) is 6.92 Å². The van der Waals surface area contributed by atoms with Crippen LogP contribution >= 0.6 is 11.8 Å². The lowest BCUT2D eigenvalue weighted by Gasteiger charge is -2.19. The summed E-state index contributed by atoms with van der Waals surface area (Å²) < 4.78 is 0. The summed E-state index contributed by atoms with van der Waals surface area (Å²) in [7, 11) is 3.86. The minimum absolute atomic E-state index is 0.242. The Balaban J connectivity index is 2.07. The Morgan fingerprint density at radius 2 is 1.69 bits per heavy atom. The number of hydrogen-bond donors (Lipinski definition) is 0. The third-order valence-corrected chi connectivity index (χ3v) is 5.23. The van der Waals surface area contributed by atoms with E-state index in [0.717, 1.165) is 22.6 Å². The monoisotopic (exact) mass is 366 g/mol. The molecule has 0 radical (unpaired) electrons. The Labute approximate surface area is 158 Å². The van der Waals surface area contributed by atoms with Crippen LogP contribution in [0.15, 0.2) is 53.4 Å². The smallest absolute Gasteiger partial charge is 0.272 e. The molecule has 2 aromatic carbocycles. The molecule has 2 amide bonds. The lowest BCUT2D eigenvalue weighted by molar-refractivity contribution is -0.119. The van der Waals surface area contributed by atoms with Gasteiger partial charge in [0.2, 0.25) is 0 Å². The van der Waals surface area contributed by atoms with Crippen LogP contribution in [0.3, 0.4) is 0 Å². The van der Waals surface area contributed by atoms with Gasteiger partial charge in [0.05, 0.1) is 16.2 Å². The molecule has 0 saturated carbocycles. The number of carbonyl (C=O) groups excluding carboxylic acids is 2. The maximum absolute atomic E-state index is 13.2. The van der Waals surface area contributed by atoms with Gasteiger partial charge in [-0.25, -0.2) is 4.90 Å². The fraction of sp³-hybridized carbons (Fsp3) is 0.238. The molecule has 0 unspecified atom stereocenters. The van der Waals surface area contributed by atoms with E-state index in [1.807, 2.05) is 75.3 Å². The third kappa shape index (κ3) is 3.27. The Kier molecular flexibility index (Phi) is 5.18. The lowest BCUT2D eigenvalue weighted by Crippen LogP contribution is -2.31. The lowest BCUT2D eigenvalue weighted by atomic mass is 10.0. The first-order chi connectivity index (χ1) is 12.4. The number of hydrogen-bond acceptors (Lipinski definition) is 4. The van der Waals surface area contributed by atoms with E-state index >= 15 is 0 Å². The number of amides is 2. The van der Waals surface area contributed by atoms with Crippen LogP contribution in [0.2, 0.25) is 0 Å². The first kappa shape index (κ1) is 18.3. The van der Waals surface area contributed by atoms with E-state index in [1.54, 1.807) is 6.07 Å². The third-order valence-electron chi connectivity index (χ3n) is 4.27. The van der Waals surface area contributed by atoms with Gasteiger partial charge in [0.25, 0.3) is 11.8 Å². The van der Waals surface area contributed by atoms with Crippen molar-refractivity contribution in [2.45, 2.75) is 13.8 Å². The summed E-state index contributed by atoms with van der Waals surface area (Å²) >= 11 is 1.42. The molecular weight excluding hydrogens is 344 g/mol. The van der Waals surface area contributed by atoms with Crippen molar-refractivity contribution in [1.82, 2.24) is 0 Å². The summed E-state index contributed by atoms with van der Waals surface area (Å²) in [5, 5.41) is 0. The minimum Gasteiger partial charge on any atom is -0.378 e. The van der Waals surface area contributed by atoms with Gasteiger partial charge in [0, 0.05) is 19.8 Å². The number of rotatable bonds is 5. The number of carbonyl (C=O) groups is 2. The Hall–Kier alpha value is -2.53. The molecule has 0 fully saturated rings. The molecule has 3 rings (SSSR count). The molecular formula is C21H22N2O2S. The average molecular weight is 366 g/mol. The number of benzene rings is 2. The van der Waals surface area contributed by atoms with Crippen LogP contribution in [0.5, 0.6) is 0 Å². The van der Waals surface area contributed by atoms with Crippen molar-refractivity contribution in [3.8, 4) is 0 Å². The molecule has 0 atom stereocenters. The molecule has 1 aliphatic heterocycles. The van der Waals surface area contributed by atoms with E-state index in [2.05, 4.69) is 0 Å².